The molecule has 0 unspecified atom stereocenters. The molecular formula is C10H12BrN7. The Hall–Kier alpha value is -1.70. The molecule has 1 aliphatic heterocycles. The normalized spacial score (nSPS) is 15.3. The van der Waals surface area contributed by atoms with E-state index in [1.165, 1.54) is 0 Å². The molecule has 7 nitrogen and oxygen atoms in total. The topological polar surface area (TPSA) is 85.8 Å². The molecule has 3 rings (SSSR count). The average Bonchev–Trinajstić information content (AvgIpc) is 2.98. The first kappa shape index (κ1) is 11.4. The summed E-state index contributed by atoms with van der Waals surface area (Å²) >= 11 is 3.34. The molecule has 8 heteroatoms. The van der Waals surface area contributed by atoms with Gasteiger partial charge in [0.05, 0.1) is 10.7 Å². The molecule has 94 valence electrons. The van der Waals surface area contributed by atoms with Gasteiger partial charge in [-0.2, -0.15) is 20.1 Å². The predicted molar refractivity (Wildman–Crippen MR) is 70.5 cm³/mol. The lowest BCUT2D eigenvalue weighted by molar-refractivity contribution is 0.782. The Morgan fingerprint density at radius 2 is 1.83 bits per heavy atom. The van der Waals surface area contributed by atoms with Crippen molar-refractivity contribution in [1.82, 2.24) is 24.7 Å². The maximum absolute atomic E-state index is 5.73. The minimum atomic E-state index is 0.216. The predicted octanol–water partition coefficient (Wildman–Crippen LogP) is 1.00. The Labute approximate surface area is 112 Å². The molecule has 0 atom stereocenters. The first-order valence-corrected chi connectivity index (χ1v) is 6.49. The lowest BCUT2D eigenvalue weighted by Crippen LogP contribution is -2.22. The monoisotopic (exact) mass is 309 g/mol. The van der Waals surface area contributed by atoms with Crippen LogP contribution in [-0.2, 0) is 0 Å². The van der Waals surface area contributed by atoms with Crippen LogP contribution in [0.2, 0.25) is 0 Å². The Morgan fingerprint density at radius 3 is 2.50 bits per heavy atom. The molecule has 2 N–H and O–H groups in total. The van der Waals surface area contributed by atoms with Gasteiger partial charge in [-0.3, -0.25) is 0 Å². The summed E-state index contributed by atoms with van der Waals surface area (Å²) in [6.45, 7) is 1.93. The largest absolute Gasteiger partial charge is 0.368 e. The molecule has 3 heterocycles. The molecule has 18 heavy (non-hydrogen) atoms. The summed E-state index contributed by atoms with van der Waals surface area (Å²) in [4.78, 5) is 14.8. The fraction of sp³-hybridized carbons (Fsp3) is 0.400. The zero-order chi connectivity index (χ0) is 12.5. The van der Waals surface area contributed by atoms with Crippen molar-refractivity contribution < 1.29 is 0 Å². The first-order valence-electron chi connectivity index (χ1n) is 5.69. The second kappa shape index (κ2) is 4.52. The van der Waals surface area contributed by atoms with Crippen LogP contribution in [-0.4, -0.2) is 37.8 Å². The van der Waals surface area contributed by atoms with E-state index in [0.29, 0.717) is 11.9 Å². The van der Waals surface area contributed by atoms with Gasteiger partial charge < -0.3 is 10.6 Å². The van der Waals surface area contributed by atoms with Crippen LogP contribution < -0.4 is 10.6 Å². The van der Waals surface area contributed by atoms with Gasteiger partial charge >= 0.3 is 0 Å². The molecule has 1 saturated heterocycles. The smallest absolute Gasteiger partial charge is 0.257 e. The maximum atomic E-state index is 5.73. The van der Waals surface area contributed by atoms with Crippen molar-refractivity contribution in [3.8, 4) is 5.95 Å². The highest BCUT2D eigenvalue weighted by atomic mass is 79.9. The number of nitrogens with zero attached hydrogens (tertiary/aromatic N) is 6. The van der Waals surface area contributed by atoms with Crippen LogP contribution in [0.5, 0.6) is 0 Å². The van der Waals surface area contributed by atoms with Gasteiger partial charge in [0.25, 0.3) is 5.95 Å². The molecule has 0 aliphatic carbocycles. The summed E-state index contributed by atoms with van der Waals surface area (Å²) < 4.78 is 2.44. The maximum Gasteiger partial charge on any atom is 0.257 e. The number of halogens is 1. The van der Waals surface area contributed by atoms with Crippen LogP contribution in [0.4, 0.5) is 11.9 Å². The molecule has 0 radical (unpaired) electrons. The van der Waals surface area contributed by atoms with E-state index in [1.807, 2.05) is 0 Å². The van der Waals surface area contributed by atoms with E-state index in [0.717, 1.165) is 30.4 Å². The number of nitrogens with two attached hydrogens (primary N) is 1. The van der Waals surface area contributed by atoms with Crippen molar-refractivity contribution in [3.63, 3.8) is 0 Å². The second-order valence-corrected chi connectivity index (χ2v) is 5.01. The molecule has 0 bridgehead atoms. The van der Waals surface area contributed by atoms with Gasteiger partial charge in [0.1, 0.15) is 0 Å². The van der Waals surface area contributed by atoms with Gasteiger partial charge in [0, 0.05) is 19.3 Å². The van der Waals surface area contributed by atoms with Gasteiger partial charge in [0.15, 0.2) is 0 Å². The minimum Gasteiger partial charge on any atom is -0.368 e. The number of hydrogen-bond acceptors (Lipinski definition) is 6. The van der Waals surface area contributed by atoms with Crippen molar-refractivity contribution in [3.05, 3.63) is 16.9 Å². The number of anilines is 2. The highest BCUT2D eigenvalue weighted by Crippen LogP contribution is 2.17. The fourth-order valence-corrected chi connectivity index (χ4v) is 2.23. The molecule has 2 aromatic heterocycles. The van der Waals surface area contributed by atoms with E-state index in [4.69, 9.17) is 5.73 Å². The van der Waals surface area contributed by atoms with Crippen molar-refractivity contribution in [2.45, 2.75) is 12.8 Å². The van der Waals surface area contributed by atoms with E-state index in [9.17, 15) is 0 Å². The highest BCUT2D eigenvalue weighted by Gasteiger charge is 2.17. The summed E-state index contributed by atoms with van der Waals surface area (Å²) in [5.41, 5.74) is 5.73. The quantitative estimate of drug-likeness (QED) is 0.891. The summed E-state index contributed by atoms with van der Waals surface area (Å²) in [5, 5.41) is 4.14. The summed E-state index contributed by atoms with van der Waals surface area (Å²) in [6, 6.07) is 0. The van der Waals surface area contributed by atoms with Crippen molar-refractivity contribution in [2.24, 2.45) is 0 Å². The summed E-state index contributed by atoms with van der Waals surface area (Å²) in [7, 11) is 0. The SMILES string of the molecule is Nc1nc(N2CCCC2)nc(-n2cc(Br)cn2)n1. The number of nitrogen functional groups attached to an aromatic ring is 1. The van der Waals surface area contributed by atoms with Crippen LogP contribution in [0.25, 0.3) is 5.95 Å². The van der Waals surface area contributed by atoms with E-state index in [-0.39, 0.29) is 5.95 Å². The van der Waals surface area contributed by atoms with E-state index >= 15 is 0 Å². The third-order valence-corrected chi connectivity index (χ3v) is 3.18. The van der Waals surface area contributed by atoms with Crippen molar-refractivity contribution >= 4 is 27.8 Å². The number of hydrogen-bond donors (Lipinski definition) is 1. The Balaban J connectivity index is 1.99. The minimum absolute atomic E-state index is 0.216. The third kappa shape index (κ3) is 2.15. The third-order valence-electron chi connectivity index (χ3n) is 2.77. The van der Waals surface area contributed by atoms with Crippen molar-refractivity contribution in [1.29, 1.82) is 0 Å². The lowest BCUT2D eigenvalue weighted by atomic mass is 10.4. The number of rotatable bonds is 2. The van der Waals surface area contributed by atoms with Crippen LogP contribution >= 0.6 is 15.9 Å². The Morgan fingerprint density at radius 1 is 1.11 bits per heavy atom. The summed E-state index contributed by atoms with van der Waals surface area (Å²) in [6.07, 6.45) is 5.78. The first-order chi connectivity index (χ1) is 8.72. The second-order valence-electron chi connectivity index (χ2n) is 4.09. The Kier molecular flexibility index (Phi) is 2.86. The summed E-state index contributed by atoms with van der Waals surface area (Å²) in [5.74, 6) is 1.28. The van der Waals surface area contributed by atoms with Crippen molar-refractivity contribution in [2.75, 3.05) is 23.7 Å². The van der Waals surface area contributed by atoms with Crippen LogP contribution in [0.1, 0.15) is 12.8 Å². The molecule has 0 aromatic carbocycles. The van der Waals surface area contributed by atoms with Gasteiger partial charge in [0.2, 0.25) is 11.9 Å². The average molecular weight is 310 g/mol. The van der Waals surface area contributed by atoms with Crippen LogP contribution in [0.15, 0.2) is 16.9 Å². The van der Waals surface area contributed by atoms with Gasteiger partial charge in [-0.05, 0) is 28.8 Å². The molecule has 0 amide bonds. The van der Waals surface area contributed by atoms with Gasteiger partial charge in [-0.25, -0.2) is 4.68 Å². The molecule has 0 spiro atoms. The molecule has 1 aliphatic rings. The van der Waals surface area contributed by atoms with Gasteiger partial charge in [-0.15, -0.1) is 0 Å². The zero-order valence-electron chi connectivity index (χ0n) is 9.62. The van der Waals surface area contributed by atoms with Crippen LogP contribution in [0.3, 0.4) is 0 Å². The van der Waals surface area contributed by atoms with E-state index in [1.54, 1.807) is 17.1 Å². The number of aromatic nitrogens is 5. The Bertz CT molecular complexity index is 561. The molecule has 0 saturated carbocycles. The lowest BCUT2D eigenvalue weighted by Gasteiger charge is -2.15. The molecule has 1 fully saturated rings. The molecule has 2 aromatic rings. The van der Waals surface area contributed by atoms with E-state index < -0.39 is 0 Å². The fourth-order valence-electron chi connectivity index (χ4n) is 1.94. The standard InChI is InChI=1S/C10H12BrN7/c11-7-5-13-18(6-7)10-15-8(12)14-9(16-10)17-3-1-2-4-17/h5-6H,1-4H2,(H2,12,14,15,16). The highest BCUT2D eigenvalue weighted by molar-refractivity contribution is 9.10. The van der Waals surface area contributed by atoms with E-state index in [2.05, 4.69) is 40.9 Å². The van der Waals surface area contributed by atoms with Crippen LogP contribution in [0, 0.1) is 0 Å². The molecular weight excluding hydrogens is 298 g/mol. The van der Waals surface area contributed by atoms with Gasteiger partial charge in [-0.1, -0.05) is 0 Å². The zero-order valence-corrected chi connectivity index (χ0v) is 11.2.